The van der Waals surface area contributed by atoms with Gasteiger partial charge in [0.15, 0.2) is 0 Å². The average Bonchev–Trinajstić information content (AvgIpc) is 2.28. The normalized spacial score (nSPS) is 40.1. The van der Waals surface area contributed by atoms with Gasteiger partial charge in [0.05, 0.1) is 10.8 Å². The SMILES string of the molecule is CS(=O)(=O)C1CCC(C2CNCC(Cl)N2)CC1. The molecule has 0 radical (unpaired) electrons. The van der Waals surface area contributed by atoms with E-state index >= 15 is 0 Å². The van der Waals surface area contributed by atoms with Crippen LogP contribution < -0.4 is 10.6 Å². The fraction of sp³-hybridized carbons (Fsp3) is 1.00. The lowest BCUT2D eigenvalue weighted by atomic mass is 9.83. The van der Waals surface area contributed by atoms with Crippen LogP contribution in [0.15, 0.2) is 0 Å². The standard InChI is InChI=1S/C11H21ClN2O2S/c1-17(15,16)9-4-2-8(3-5-9)10-6-13-7-11(12)14-10/h8-11,13-14H,2-7H2,1H3. The van der Waals surface area contributed by atoms with Crippen molar-refractivity contribution in [3.8, 4) is 0 Å². The molecule has 2 rings (SSSR count). The minimum Gasteiger partial charge on any atom is -0.312 e. The van der Waals surface area contributed by atoms with Crippen LogP contribution in [0, 0.1) is 5.92 Å². The molecule has 2 aliphatic rings. The fourth-order valence-electron chi connectivity index (χ4n) is 2.94. The summed E-state index contributed by atoms with van der Waals surface area (Å²) in [5, 5.41) is 6.58. The van der Waals surface area contributed by atoms with Gasteiger partial charge in [0, 0.05) is 25.4 Å². The van der Waals surface area contributed by atoms with Crippen molar-refractivity contribution < 1.29 is 8.42 Å². The molecule has 4 nitrogen and oxygen atoms in total. The molecule has 2 atom stereocenters. The van der Waals surface area contributed by atoms with Crippen LogP contribution in [0.2, 0.25) is 0 Å². The molecule has 6 heteroatoms. The zero-order valence-corrected chi connectivity index (χ0v) is 11.7. The number of hydrogen-bond acceptors (Lipinski definition) is 4. The number of piperazine rings is 1. The van der Waals surface area contributed by atoms with Crippen molar-refractivity contribution >= 4 is 21.4 Å². The summed E-state index contributed by atoms with van der Waals surface area (Å²) >= 11 is 6.06. The number of rotatable bonds is 2. The van der Waals surface area contributed by atoms with E-state index in [1.807, 2.05) is 0 Å². The summed E-state index contributed by atoms with van der Waals surface area (Å²) in [6.07, 6.45) is 4.93. The van der Waals surface area contributed by atoms with Gasteiger partial charge in [-0.2, -0.15) is 0 Å². The maximum atomic E-state index is 11.5. The monoisotopic (exact) mass is 280 g/mol. The van der Waals surface area contributed by atoms with Crippen LogP contribution >= 0.6 is 11.6 Å². The summed E-state index contributed by atoms with van der Waals surface area (Å²) in [7, 11) is -2.85. The summed E-state index contributed by atoms with van der Waals surface area (Å²) in [5.74, 6) is 0.557. The van der Waals surface area contributed by atoms with Crippen molar-refractivity contribution in [2.45, 2.75) is 42.5 Å². The zero-order valence-electron chi connectivity index (χ0n) is 10.2. The molecule has 0 aromatic carbocycles. The number of alkyl halides is 1. The third-order valence-electron chi connectivity index (χ3n) is 3.98. The molecule has 100 valence electrons. The van der Waals surface area contributed by atoms with E-state index in [1.165, 1.54) is 6.26 Å². The maximum absolute atomic E-state index is 11.5. The molecule has 1 saturated carbocycles. The highest BCUT2D eigenvalue weighted by molar-refractivity contribution is 7.91. The molecular weight excluding hydrogens is 260 g/mol. The first-order chi connectivity index (χ1) is 7.97. The van der Waals surface area contributed by atoms with Gasteiger partial charge in [-0.3, -0.25) is 5.32 Å². The van der Waals surface area contributed by atoms with E-state index in [0.29, 0.717) is 12.0 Å². The summed E-state index contributed by atoms with van der Waals surface area (Å²) in [6, 6.07) is 0.395. The van der Waals surface area contributed by atoms with E-state index in [-0.39, 0.29) is 10.8 Å². The highest BCUT2D eigenvalue weighted by Gasteiger charge is 2.33. The van der Waals surface area contributed by atoms with Crippen molar-refractivity contribution in [2.75, 3.05) is 19.3 Å². The Morgan fingerprint density at radius 3 is 2.29 bits per heavy atom. The molecule has 0 amide bonds. The molecular formula is C11H21ClN2O2S. The van der Waals surface area contributed by atoms with E-state index in [0.717, 1.165) is 38.8 Å². The Morgan fingerprint density at radius 1 is 1.12 bits per heavy atom. The lowest BCUT2D eigenvalue weighted by Gasteiger charge is -2.37. The van der Waals surface area contributed by atoms with E-state index in [4.69, 9.17) is 11.6 Å². The lowest BCUT2D eigenvalue weighted by molar-refractivity contribution is 0.238. The third-order valence-corrected chi connectivity index (χ3v) is 5.94. The van der Waals surface area contributed by atoms with Gasteiger partial charge in [-0.1, -0.05) is 0 Å². The first kappa shape index (κ1) is 13.6. The average molecular weight is 281 g/mol. The number of hydrogen-bond donors (Lipinski definition) is 2. The Morgan fingerprint density at radius 2 is 1.76 bits per heavy atom. The molecule has 2 fully saturated rings. The van der Waals surface area contributed by atoms with E-state index < -0.39 is 9.84 Å². The molecule has 1 heterocycles. The van der Waals surface area contributed by atoms with Gasteiger partial charge >= 0.3 is 0 Å². The first-order valence-corrected chi connectivity index (χ1v) is 8.65. The fourth-order valence-corrected chi connectivity index (χ4v) is 4.34. The zero-order chi connectivity index (χ0) is 12.5. The minimum absolute atomic E-state index is 0.00128. The van der Waals surface area contributed by atoms with Gasteiger partial charge in [0.1, 0.15) is 9.84 Å². The molecule has 1 aliphatic carbocycles. The Hall–Kier alpha value is 0.160. The molecule has 1 aliphatic heterocycles. The first-order valence-electron chi connectivity index (χ1n) is 6.26. The van der Waals surface area contributed by atoms with Crippen LogP contribution in [-0.4, -0.2) is 44.6 Å². The number of nitrogens with one attached hydrogen (secondary N) is 2. The van der Waals surface area contributed by atoms with Crippen LogP contribution in [0.25, 0.3) is 0 Å². The van der Waals surface area contributed by atoms with Gasteiger partial charge in [-0.15, -0.1) is 11.6 Å². The van der Waals surface area contributed by atoms with Crippen LogP contribution in [0.1, 0.15) is 25.7 Å². The highest BCUT2D eigenvalue weighted by Crippen LogP contribution is 2.30. The largest absolute Gasteiger partial charge is 0.312 e. The molecule has 2 N–H and O–H groups in total. The van der Waals surface area contributed by atoms with Crippen molar-refractivity contribution in [2.24, 2.45) is 5.92 Å². The van der Waals surface area contributed by atoms with Gasteiger partial charge in [0.2, 0.25) is 0 Å². The molecule has 17 heavy (non-hydrogen) atoms. The maximum Gasteiger partial charge on any atom is 0.150 e. The molecule has 0 bridgehead atoms. The van der Waals surface area contributed by atoms with Crippen LogP contribution in [0.5, 0.6) is 0 Å². The third kappa shape index (κ3) is 3.56. The summed E-state index contributed by atoms with van der Waals surface area (Å²) in [6.45, 7) is 1.74. The van der Waals surface area contributed by atoms with E-state index in [2.05, 4.69) is 10.6 Å². The molecule has 0 aromatic heterocycles. The Bertz CT molecular complexity index is 352. The van der Waals surface area contributed by atoms with Crippen molar-refractivity contribution in [1.82, 2.24) is 10.6 Å². The van der Waals surface area contributed by atoms with Crippen molar-refractivity contribution in [3.05, 3.63) is 0 Å². The summed E-state index contributed by atoms with van der Waals surface area (Å²) in [4.78, 5) is 0. The van der Waals surface area contributed by atoms with E-state index in [9.17, 15) is 8.42 Å². The molecule has 0 spiro atoms. The smallest absolute Gasteiger partial charge is 0.150 e. The Balaban J connectivity index is 1.86. The van der Waals surface area contributed by atoms with Gasteiger partial charge in [-0.25, -0.2) is 8.42 Å². The van der Waals surface area contributed by atoms with Gasteiger partial charge < -0.3 is 5.32 Å². The lowest BCUT2D eigenvalue weighted by Crippen LogP contribution is -2.56. The van der Waals surface area contributed by atoms with Crippen LogP contribution in [0.3, 0.4) is 0 Å². The predicted octanol–water partition coefficient (Wildman–Crippen LogP) is 0.716. The van der Waals surface area contributed by atoms with Crippen molar-refractivity contribution in [3.63, 3.8) is 0 Å². The number of halogens is 1. The Labute approximate surface area is 108 Å². The van der Waals surface area contributed by atoms with Gasteiger partial charge in [0.25, 0.3) is 0 Å². The van der Waals surface area contributed by atoms with Crippen molar-refractivity contribution in [1.29, 1.82) is 0 Å². The summed E-state index contributed by atoms with van der Waals surface area (Å²) < 4.78 is 22.9. The molecule has 1 saturated heterocycles. The van der Waals surface area contributed by atoms with Crippen LogP contribution in [0.4, 0.5) is 0 Å². The minimum atomic E-state index is -2.85. The second kappa shape index (κ2) is 5.43. The second-order valence-electron chi connectivity index (χ2n) is 5.27. The quantitative estimate of drug-likeness (QED) is 0.578. The second-order valence-corrected chi connectivity index (χ2v) is 8.12. The Kier molecular flexibility index (Phi) is 4.34. The molecule has 0 aromatic rings. The highest BCUT2D eigenvalue weighted by atomic mass is 35.5. The number of sulfone groups is 1. The van der Waals surface area contributed by atoms with Gasteiger partial charge in [-0.05, 0) is 31.6 Å². The topological polar surface area (TPSA) is 58.2 Å². The molecule has 2 unspecified atom stereocenters. The predicted molar refractivity (Wildman–Crippen MR) is 70.0 cm³/mol. The van der Waals surface area contributed by atoms with E-state index in [1.54, 1.807) is 0 Å². The summed E-state index contributed by atoms with van der Waals surface area (Å²) in [5.41, 5.74) is 0.00128. The van der Waals surface area contributed by atoms with Crippen LogP contribution in [-0.2, 0) is 9.84 Å².